The summed E-state index contributed by atoms with van der Waals surface area (Å²) in [4.78, 5) is 11.0. The maximum atomic E-state index is 11.0. The molecule has 4 nitrogen and oxygen atoms in total. The molecule has 1 amide bonds. The predicted molar refractivity (Wildman–Crippen MR) is 72.5 cm³/mol. The van der Waals surface area contributed by atoms with Gasteiger partial charge in [0.2, 0.25) is 5.91 Å². The Kier molecular flexibility index (Phi) is 4.17. The van der Waals surface area contributed by atoms with Gasteiger partial charge in [0.25, 0.3) is 0 Å². The Morgan fingerprint density at radius 1 is 1.28 bits per heavy atom. The monoisotopic (exact) mass is 308 g/mol. The summed E-state index contributed by atoms with van der Waals surface area (Å²) in [6.07, 6.45) is 0.854. The normalized spacial score (nSPS) is 10.3. The van der Waals surface area contributed by atoms with Gasteiger partial charge in [0, 0.05) is 22.9 Å². The Hall–Kier alpha value is -1.59. The second-order valence-electron chi connectivity index (χ2n) is 3.81. The van der Waals surface area contributed by atoms with Gasteiger partial charge in [0.05, 0.1) is 0 Å². The molecule has 0 saturated carbocycles. The number of hydrogen-bond acceptors (Lipinski definition) is 3. The van der Waals surface area contributed by atoms with Crippen molar-refractivity contribution in [3.05, 3.63) is 46.6 Å². The minimum absolute atomic E-state index is 0.200. The van der Waals surface area contributed by atoms with Gasteiger partial charge in [-0.15, -0.1) is 0 Å². The van der Waals surface area contributed by atoms with Crippen LogP contribution in [0.25, 0.3) is 11.3 Å². The van der Waals surface area contributed by atoms with Gasteiger partial charge in [-0.1, -0.05) is 34.1 Å². The number of amides is 1. The zero-order valence-electron chi connectivity index (χ0n) is 9.65. The van der Waals surface area contributed by atoms with Crippen LogP contribution in [0.4, 0.5) is 0 Å². The van der Waals surface area contributed by atoms with Gasteiger partial charge >= 0.3 is 0 Å². The Morgan fingerprint density at radius 3 is 2.78 bits per heavy atom. The lowest BCUT2D eigenvalue weighted by molar-refractivity contribution is -0.121. The highest BCUT2D eigenvalue weighted by atomic mass is 79.9. The van der Waals surface area contributed by atoms with Crippen molar-refractivity contribution in [2.45, 2.75) is 12.8 Å². The van der Waals surface area contributed by atoms with Crippen LogP contribution in [-0.2, 0) is 11.2 Å². The number of aryl methyl sites for hydroxylation is 1. The minimum atomic E-state index is -0.200. The third kappa shape index (κ3) is 3.00. The van der Waals surface area contributed by atoms with E-state index in [4.69, 9.17) is 10.3 Å². The first-order chi connectivity index (χ1) is 8.70. The number of nitrogens with two attached hydrogens (primary N) is 1. The van der Waals surface area contributed by atoms with E-state index in [0.717, 1.165) is 21.6 Å². The van der Waals surface area contributed by atoms with Gasteiger partial charge in [-0.05, 0) is 18.2 Å². The molecular formula is C13H13BrN2O2. The van der Waals surface area contributed by atoms with E-state index in [-0.39, 0.29) is 5.91 Å². The molecular weight excluding hydrogens is 296 g/mol. The van der Waals surface area contributed by atoms with Crippen LogP contribution in [0, 0.1) is 0 Å². The fourth-order valence-electron chi connectivity index (χ4n) is 1.63. The highest BCUT2D eigenvalue weighted by Crippen LogP contribution is 2.29. The minimum Gasteiger partial charge on any atom is -0.461 e. The van der Waals surface area contributed by atoms with E-state index in [2.05, 4.69) is 21.4 Å². The van der Waals surface area contributed by atoms with Gasteiger partial charge in [0.15, 0.2) is 0 Å². The van der Waals surface area contributed by atoms with Gasteiger partial charge in [-0.25, -0.2) is 5.84 Å². The molecule has 0 fully saturated rings. The van der Waals surface area contributed by atoms with Crippen LogP contribution < -0.4 is 11.3 Å². The van der Waals surface area contributed by atoms with E-state index in [9.17, 15) is 4.79 Å². The first kappa shape index (κ1) is 12.9. The lowest BCUT2D eigenvalue weighted by atomic mass is 10.2. The Morgan fingerprint density at radius 2 is 2.06 bits per heavy atom. The zero-order valence-corrected chi connectivity index (χ0v) is 11.2. The quantitative estimate of drug-likeness (QED) is 0.518. The molecule has 0 aliphatic heterocycles. The Bertz CT molecular complexity index is 551. The molecule has 0 aliphatic rings. The third-order valence-corrected chi connectivity index (χ3v) is 3.25. The Labute approximate surface area is 113 Å². The van der Waals surface area contributed by atoms with Crippen molar-refractivity contribution in [1.29, 1.82) is 0 Å². The smallest absolute Gasteiger partial charge is 0.234 e. The number of furan rings is 1. The van der Waals surface area contributed by atoms with E-state index in [1.807, 2.05) is 36.4 Å². The highest BCUT2D eigenvalue weighted by Gasteiger charge is 2.08. The van der Waals surface area contributed by atoms with E-state index >= 15 is 0 Å². The second-order valence-corrected chi connectivity index (χ2v) is 4.67. The zero-order chi connectivity index (χ0) is 13.0. The number of carbonyl (C=O) groups excluding carboxylic acids is 1. The molecule has 1 heterocycles. The van der Waals surface area contributed by atoms with Crippen LogP contribution in [-0.4, -0.2) is 5.91 Å². The topological polar surface area (TPSA) is 68.3 Å². The van der Waals surface area contributed by atoms with Crippen molar-refractivity contribution in [2.24, 2.45) is 5.84 Å². The molecule has 1 aromatic carbocycles. The summed E-state index contributed by atoms with van der Waals surface area (Å²) >= 11 is 3.48. The molecule has 94 valence electrons. The molecule has 3 N–H and O–H groups in total. The lowest BCUT2D eigenvalue weighted by Crippen LogP contribution is -2.30. The molecule has 0 saturated heterocycles. The van der Waals surface area contributed by atoms with Gasteiger partial charge in [-0.2, -0.15) is 0 Å². The standard InChI is InChI=1S/C13H13BrN2O2/c14-11-4-2-1-3-10(11)12-7-5-9(18-12)6-8-13(17)16-15/h1-5,7H,6,8,15H2,(H,16,17). The van der Waals surface area contributed by atoms with Gasteiger partial charge in [0.1, 0.15) is 11.5 Å². The number of hydrazine groups is 1. The molecule has 0 spiro atoms. The average Bonchev–Trinajstić information content (AvgIpc) is 2.85. The number of benzene rings is 1. The summed E-state index contributed by atoms with van der Waals surface area (Å²) in [5.41, 5.74) is 3.09. The second kappa shape index (κ2) is 5.84. The molecule has 1 aromatic heterocycles. The predicted octanol–water partition coefficient (Wildman–Crippen LogP) is 2.63. The number of hydrogen-bond donors (Lipinski definition) is 2. The van der Waals surface area contributed by atoms with Crippen molar-refractivity contribution in [3.8, 4) is 11.3 Å². The molecule has 0 radical (unpaired) electrons. The van der Waals surface area contributed by atoms with Crippen LogP contribution in [0.15, 0.2) is 45.3 Å². The number of carbonyl (C=O) groups is 1. The van der Waals surface area contributed by atoms with Crippen molar-refractivity contribution >= 4 is 21.8 Å². The van der Waals surface area contributed by atoms with E-state index in [1.165, 1.54) is 0 Å². The fourth-order valence-corrected chi connectivity index (χ4v) is 2.11. The summed E-state index contributed by atoms with van der Waals surface area (Å²) in [7, 11) is 0. The number of rotatable bonds is 4. The summed E-state index contributed by atoms with van der Waals surface area (Å²) in [5, 5.41) is 0. The number of nitrogens with one attached hydrogen (secondary N) is 1. The molecule has 0 aliphatic carbocycles. The van der Waals surface area contributed by atoms with Crippen LogP contribution in [0.2, 0.25) is 0 Å². The largest absolute Gasteiger partial charge is 0.461 e. The Balaban J connectivity index is 2.11. The van der Waals surface area contributed by atoms with E-state index in [1.54, 1.807) is 0 Å². The summed E-state index contributed by atoms with van der Waals surface area (Å²) < 4.78 is 6.67. The summed E-state index contributed by atoms with van der Waals surface area (Å²) in [6.45, 7) is 0. The SMILES string of the molecule is NNC(=O)CCc1ccc(-c2ccccc2Br)o1. The first-order valence-electron chi connectivity index (χ1n) is 5.54. The maximum absolute atomic E-state index is 11.0. The fraction of sp³-hybridized carbons (Fsp3) is 0.154. The van der Waals surface area contributed by atoms with E-state index in [0.29, 0.717) is 12.8 Å². The molecule has 0 unspecified atom stereocenters. The van der Waals surface area contributed by atoms with Gasteiger partial charge in [-0.3, -0.25) is 10.2 Å². The highest BCUT2D eigenvalue weighted by molar-refractivity contribution is 9.10. The van der Waals surface area contributed by atoms with Crippen LogP contribution >= 0.6 is 15.9 Å². The average molecular weight is 309 g/mol. The summed E-state index contributed by atoms with van der Waals surface area (Å²) in [5.74, 6) is 6.37. The van der Waals surface area contributed by atoms with Crippen molar-refractivity contribution in [2.75, 3.05) is 0 Å². The van der Waals surface area contributed by atoms with Crippen molar-refractivity contribution in [1.82, 2.24) is 5.43 Å². The summed E-state index contributed by atoms with van der Waals surface area (Å²) in [6, 6.07) is 11.6. The molecule has 2 rings (SSSR count). The molecule has 18 heavy (non-hydrogen) atoms. The van der Waals surface area contributed by atoms with Crippen LogP contribution in [0.1, 0.15) is 12.2 Å². The van der Waals surface area contributed by atoms with Crippen LogP contribution in [0.5, 0.6) is 0 Å². The third-order valence-electron chi connectivity index (χ3n) is 2.56. The molecule has 0 bridgehead atoms. The van der Waals surface area contributed by atoms with E-state index < -0.39 is 0 Å². The molecule has 2 aromatic rings. The van der Waals surface area contributed by atoms with Gasteiger partial charge < -0.3 is 4.42 Å². The first-order valence-corrected chi connectivity index (χ1v) is 6.33. The maximum Gasteiger partial charge on any atom is 0.234 e. The molecule has 5 heteroatoms. The molecule has 0 atom stereocenters. The number of halogens is 1. The lowest BCUT2D eigenvalue weighted by Gasteiger charge is -2.00. The van der Waals surface area contributed by atoms with Crippen molar-refractivity contribution in [3.63, 3.8) is 0 Å². The van der Waals surface area contributed by atoms with Crippen molar-refractivity contribution < 1.29 is 9.21 Å². The van der Waals surface area contributed by atoms with Crippen LogP contribution in [0.3, 0.4) is 0 Å².